The van der Waals surface area contributed by atoms with Crippen molar-refractivity contribution in [2.24, 2.45) is 0 Å². The first-order chi connectivity index (χ1) is 21.4. The van der Waals surface area contributed by atoms with E-state index < -0.39 is 36.6 Å². The third-order valence-corrected chi connectivity index (χ3v) is 9.15. The summed E-state index contributed by atoms with van der Waals surface area (Å²) in [6.07, 6.45) is -1.67. The van der Waals surface area contributed by atoms with Gasteiger partial charge in [0.25, 0.3) is 5.92 Å². The van der Waals surface area contributed by atoms with Crippen molar-refractivity contribution in [1.82, 2.24) is 10.6 Å². The SMILES string of the molecule is O=C(N[C@H]1CCCC(F)(F)[C@@H]1NC(=O)OCC1c2ccccc2-c2ccccc21)OCC1c2ccccc2-c2ccccc21. The van der Waals surface area contributed by atoms with Crippen LogP contribution >= 0.6 is 0 Å². The maximum absolute atomic E-state index is 15.2. The standard InChI is InChI=1S/C36H32F2N2O4/c37-36(38)19-9-18-32(39-34(41)43-20-30-26-14-5-1-10-22(26)23-11-2-6-15-27(23)30)33(36)40-35(42)44-21-31-28-16-7-3-12-24(28)25-13-4-8-17-29(25)31/h1-8,10-17,30-33H,9,18-21H2,(H,39,41)(H,40,42)/t32-,33+/m0/s1. The van der Waals surface area contributed by atoms with Crippen LogP contribution in [0.4, 0.5) is 18.4 Å². The highest BCUT2D eigenvalue weighted by Gasteiger charge is 2.49. The van der Waals surface area contributed by atoms with Gasteiger partial charge in [-0.05, 0) is 57.3 Å². The van der Waals surface area contributed by atoms with E-state index in [0.717, 1.165) is 44.5 Å². The van der Waals surface area contributed by atoms with E-state index in [-0.39, 0.29) is 37.9 Å². The number of amides is 2. The van der Waals surface area contributed by atoms with Crippen LogP contribution in [0, 0.1) is 0 Å². The number of hydrogen-bond donors (Lipinski definition) is 2. The van der Waals surface area contributed by atoms with Crippen LogP contribution in [-0.4, -0.2) is 43.4 Å². The van der Waals surface area contributed by atoms with Crippen molar-refractivity contribution < 1.29 is 27.8 Å². The molecule has 0 aromatic heterocycles. The lowest BCUT2D eigenvalue weighted by Gasteiger charge is -2.38. The summed E-state index contributed by atoms with van der Waals surface area (Å²) < 4.78 is 41.5. The number of alkyl carbamates (subject to hydrolysis) is 2. The average Bonchev–Trinajstić information content (AvgIpc) is 3.53. The second kappa shape index (κ2) is 11.4. The van der Waals surface area contributed by atoms with E-state index in [4.69, 9.17) is 9.47 Å². The number of halogens is 2. The first-order valence-corrected chi connectivity index (χ1v) is 15.0. The smallest absolute Gasteiger partial charge is 0.407 e. The molecule has 2 amide bonds. The van der Waals surface area contributed by atoms with Crippen molar-refractivity contribution in [3.05, 3.63) is 119 Å². The van der Waals surface area contributed by atoms with Crippen LogP contribution in [0.25, 0.3) is 22.3 Å². The van der Waals surface area contributed by atoms with Crippen molar-refractivity contribution in [2.75, 3.05) is 13.2 Å². The minimum atomic E-state index is -3.23. The van der Waals surface area contributed by atoms with Gasteiger partial charge in [-0.2, -0.15) is 0 Å². The van der Waals surface area contributed by atoms with Gasteiger partial charge in [0.05, 0.1) is 6.04 Å². The topological polar surface area (TPSA) is 76.7 Å². The monoisotopic (exact) mass is 594 g/mol. The van der Waals surface area contributed by atoms with Crippen LogP contribution in [0.1, 0.15) is 53.4 Å². The number of ether oxygens (including phenoxy) is 2. The highest BCUT2D eigenvalue weighted by molar-refractivity contribution is 5.80. The number of hydrogen-bond acceptors (Lipinski definition) is 4. The molecular weight excluding hydrogens is 562 g/mol. The number of nitrogens with one attached hydrogen (secondary N) is 2. The molecule has 0 spiro atoms. The highest BCUT2D eigenvalue weighted by atomic mass is 19.3. The second-order valence-corrected chi connectivity index (χ2v) is 11.7. The summed E-state index contributed by atoms with van der Waals surface area (Å²) >= 11 is 0. The van der Waals surface area contributed by atoms with Crippen LogP contribution in [0.2, 0.25) is 0 Å². The zero-order valence-corrected chi connectivity index (χ0v) is 24.0. The number of benzene rings is 4. The molecule has 1 saturated carbocycles. The molecule has 0 heterocycles. The third-order valence-electron chi connectivity index (χ3n) is 9.15. The molecule has 4 aromatic rings. The van der Waals surface area contributed by atoms with Crippen LogP contribution < -0.4 is 10.6 Å². The summed E-state index contributed by atoms with van der Waals surface area (Å²) in [5.41, 5.74) is 8.50. The number of alkyl halides is 2. The molecular formula is C36H32F2N2O4. The van der Waals surface area contributed by atoms with Crippen LogP contribution in [0.5, 0.6) is 0 Å². The molecule has 7 rings (SSSR count). The molecule has 8 heteroatoms. The first-order valence-electron chi connectivity index (χ1n) is 15.0. The van der Waals surface area contributed by atoms with Gasteiger partial charge in [0.1, 0.15) is 19.3 Å². The van der Waals surface area contributed by atoms with Crippen molar-refractivity contribution in [1.29, 1.82) is 0 Å². The molecule has 3 aliphatic carbocycles. The van der Waals surface area contributed by atoms with Crippen LogP contribution in [0.15, 0.2) is 97.1 Å². The van der Waals surface area contributed by atoms with Gasteiger partial charge in [0.2, 0.25) is 0 Å². The van der Waals surface area contributed by atoms with E-state index in [9.17, 15) is 9.59 Å². The fourth-order valence-electron chi connectivity index (χ4n) is 7.09. The summed E-state index contributed by atoms with van der Waals surface area (Å²) in [5, 5.41) is 4.99. The molecule has 2 atom stereocenters. The molecule has 224 valence electrons. The van der Waals surface area contributed by atoms with E-state index in [1.54, 1.807) is 0 Å². The number of fused-ring (bicyclic) bond motifs is 6. The van der Waals surface area contributed by atoms with Gasteiger partial charge in [-0.25, -0.2) is 18.4 Å². The van der Waals surface area contributed by atoms with Crippen molar-refractivity contribution in [2.45, 2.75) is 49.1 Å². The molecule has 0 radical (unpaired) electrons. The fourth-order valence-corrected chi connectivity index (χ4v) is 7.09. The predicted octanol–water partition coefficient (Wildman–Crippen LogP) is 7.62. The molecule has 0 unspecified atom stereocenters. The lowest BCUT2D eigenvalue weighted by atomic mass is 9.87. The quantitative estimate of drug-likeness (QED) is 0.241. The van der Waals surface area contributed by atoms with Gasteiger partial charge in [-0.15, -0.1) is 0 Å². The molecule has 0 saturated heterocycles. The predicted molar refractivity (Wildman–Crippen MR) is 163 cm³/mol. The summed E-state index contributed by atoms with van der Waals surface area (Å²) in [6, 6.07) is 29.1. The summed E-state index contributed by atoms with van der Waals surface area (Å²) in [7, 11) is 0. The van der Waals surface area contributed by atoms with Crippen LogP contribution in [-0.2, 0) is 9.47 Å². The van der Waals surface area contributed by atoms with Crippen molar-refractivity contribution in [3.63, 3.8) is 0 Å². The van der Waals surface area contributed by atoms with Crippen molar-refractivity contribution >= 4 is 12.2 Å². The van der Waals surface area contributed by atoms with Gasteiger partial charge in [0.15, 0.2) is 0 Å². The summed E-state index contributed by atoms with van der Waals surface area (Å²) in [4.78, 5) is 25.9. The van der Waals surface area contributed by atoms with E-state index in [2.05, 4.69) is 10.6 Å². The Morgan fingerprint density at radius 1 is 0.636 bits per heavy atom. The van der Waals surface area contributed by atoms with E-state index in [1.165, 1.54) is 0 Å². The summed E-state index contributed by atoms with van der Waals surface area (Å²) in [5.74, 6) is -3.59. The highest BCUT2D eigenvalue weighted by Crippen LogP contribution is 2.46. The number of carbonyl (C=O) groups excluding carboxylic acids is 2. The molecule has 6 nitrogen and oxygen atoms in total. The van der Waals surface area contributed by atoms with Gasteiger partial charge in [0, 0.05) is 18.3 Å². The lowest BCUT2D eigenvalue weighted by Crippen LogP contribution is -2.62. The Labute approximate surface area is 254 Å². The zero-order valence-electron chi connectivity index (χ0n) is 24.0. The van der Waals surface area contributed by atoms with Gasteiger partial charge >= 0.3 is 12.2 Å². The molecule has 4 aromatic carbocycles. The largest absolute Gasteiger partial charge is 0.449 e. The molecule has 0 aliphatic heterocycles. The zero-order chi connectivity index (χ0) is 30.3. The molecule has 2 N–H and O–H groups in total. The Bertz CT molecular complexity index is 1630. The van der Waals surface area contributed by atoms with Gasteiger partial charge in [-0.1, -0.05) is 97.1 Å². The Morgan fingerprint density at radius 2 is 1.02 bits per heavy atom. The number of carbonyl (C=O) groups is 2. The van der Waals surface area contributed by atoms with Crippen LogP contribution in [0.3, 0.4) is 0 Å². The Morgan fingerprint density at radius 3 is 1.45 bits per heavy atom. The average molecular weight is 595 g/mol. The third kappa shape index (κ3) is 5.08. The van der Waals surface area contributed by atoms with E-state index in [1.807, 2.05) is 97.1 Å². The molecule has 3 aliphatic rings. The lowest BCUT2D eigenvalue weighted by molar-refractivity contribution is -0.0730. The Kier molecular flexibility index (Phi) is 7.28. The Balaban J connectivity index is 0.998. The van der Waals surface area contributed by atoms with Gasteiger partial charge in [-0.3, -0.25) is 0 Å². The number of rotatable bonds is 6. The molecule has 1 fully saturated rings. The van der Waals surface area contributed by atoms with E-state index >= 15 is 8.78 Å². The van der Waals surface area contributed by atoms with Crippen molar-refractivity contribution in [3.8, 4) is 22.3 Å². The minimum absolute atomic E-state index is 0.00260. The fraction of sp³-hybridized carbons (Fsp3) is 0.278. The Hall–Kier alpha value is -4.72. The maximum atomic E-state index is 15.2. The van der Waals surface area contributed by atoms with E-state index in [0.29, 0.717) is 0 Å². The van der Waals surface area contributed by atoms with Gasteiger partial charge < -0.3 is 20.1 Å². The normalized spacial score (nSPS) is 19.7. The second-order valence-electron chi connectivity index (χ2n) is 11.7. The maximum Gasteiger partial charge on any atom is 0.407 e. The summed E-state index contributed by atoms with van der Waals surface area (Å²) in [6.45, 7) is 0.0655. The first kappa shape index (κ1) is 28.1. The molecule has 0 bridgehead atoms. The molecule has 44 heavy (non-hydrogen) atoms. The minimum Gasteiger partial charge on any atom is -0.449 e.